The normalized spacial score (nSPS) is 12.3. The topological polar surface area (TPSA) is 48.3 Å². The van der Waals surface area contributed by atoms with Gasteiger partial charge < -0.3 is 9.30 Å². The van der Waals surface area contributed by atoms with Crippen LogP contribution in [0.4, 0.5) is 0 Å². The Morgan fingerprint density at radius 2 is 1.96 bits per heavy atom. The number of nitrogens with zero attached hydrogens (tertiary/aromatic N) is 1. The molecule has 0 fully saturated rings. The third-order valence-corrected chi connectivity index (χ3v) is 6.03. The first-order chi connectivity index (χ1) is 13.0. The molecule has 1 aromatic heterocycles. The summed E-state index contributed by atoms with van der Waals surface area (Å²) in [5.41, 5.74) is 2.04. The van der Waals surface area contributed by atoms with Crippen LogP contribution in [0.1, 0.15) is 52.0 Å². The van der Waals surface area contributed by atoms with E-state index in [2.05, 4.69) is 0 Å². The number of aryl methyl sites for hydroxylation is 2. The summed E-state index contributed by atoms with van der Waals surface area (Å²) >= 11 is 1.45. The van der Waals surface area contributed by atoms with Gasteiger partial charge in [0.05, 0.1) is 12.1 Å². The molecule has 0 amide bonds. The second-order valence-electron chi connectivity index (χ2n) is 7.00. The highest BCUT2D eigenvalue weighted by Crippen LogP contribution is 2.25. The van der Waals surface area contributed by atoms with Gasteiger partial charge in [-0.3, -0.25) is 9.59 Å². The minimum atomic E-state index is -0.0226. The van der Waals surface area contributed by atoms with Crippen LogP contribution in [0, 0.1) is 12.8 Å². The van der Waals surface area contributed by atoms with Gasteiger partial charge in [-0.2, -0.15) is 0 Å². The fourth-order valence-electron chi connectivity index (χ4n) is 2.95. The number of aromatic nitrogens is 1. The number of hydrogen-bond acceptors (Lipinski definition) is 4. The molecule has 2 aromatic rings. The summed E-state index contributed by atoms with van der Waals surface area (Å²) in [7, 11) is 0. The summed E-state index contributed by atoms with van der Waals surface area (Å²) in [6, 6.07) is 7.72. The second kappa shape index (κ2) is 10.5. The Balaban J connectivity index is 1.87. The van der Waals surface area contributed by atoms with E-state index in [0.717, 1.165) is 47.9 Å². The van der Waals surface area contributed by atoms with Gasteiger partial charge in [0, 0.05) is 29.7 Å². The molecule has 0 saturated heterocycles. The molecule has 5 heteroatoms. The Kier molecular flexibility index (Phi) is 8.42. The van der Waals surface area contributed by atoms with Crippen molar-refractivity contribution in [2.45, 2.75) is 59.9 Å². The lowest BCUT2D eigenvalue weighted by atomic mass is 10.1. The average Bonchev–Trinajstić information content (AvgIpc) is 2.66. The number of hydrogen-bond donors (Lipinski definition) is 0. The van der Waals surface area contributed by atoms with Crippen molar-refractivity contribution in [2.24, 2.45) is 5.92 Å². The lowest BCUT2D eigenvalue weighted by Gasteiger charge is -2.14. The van der Waals surface area contributed by atoms with E-state index in [1.54, 1.807) is 10.6 Å². The van der Waals surface area contributed by atoms with Gasteiger partial charge in [-0.25, -0.2) is 0 Å². The van der Waals surface area contributed by atoms with Crippen LogP contribution in [0.15, 0.2) is 29.1 Å². The van der Waals surface area contributed by atoms with Crippen molar-refractivity contribution >= 4 is 27.8 Å². The fourth-order valence-corrected chi connectivity index (χ4v) is 3.95. The molecule has 1 atom stereocenters. The van der Waals surface area contributed by atoms with Gasteiger partial charge in [0.1, 0.15) is 5.75 Å². The quantitative estimate of drug-likeness (QED) is 0.525. The van der Waals surface area contributed by atoms with Crippen molar-refractivity contribution in [1.29, 1.82) is 0 Å². The van der Waals surface area contributed by atoms with E-state index in [-0.39, 0.29) is 11.5 Å². The lowest BCUT2D eigenvalue weighted by molar-refractivity contribution is -0.113. The van der Waals surface area contributed by atoms with Gasteiger partial charge in [0.15, 0.2) is 5.12 Å². The summed E-state index contributed by atoms with van der Waals surface area (Å²) in [6.07, 6.45) is 3.85. The van der Waals surface area contributed by atoms with Crippen LogP contribution >= 0.6 is 11.8 Å². The number of pyridine rings is 1. The molecule has 0 aliphatic rings. The van der Waals surface area contributed by atoms with Crippen LogP contribution in [-0.4, -0.2) is 22.0 Å². The first-order valence-electron chi connectivity index (χ1n) is 9.91. The molecule has 0 bridgehead atoms. The number of unbranched alkanes of at least 4 members (excludes halogenated alkanes) is 2. The van der Waals surface area contributed by atoms with Crippen molar-refractivity contribution in [2.75, 3.05) is 12.4 Å². The van der Waals surface area contributed by atoms with Gasteiger partial charge >= 0.3 is 0 Å². The number of thioether (sulfide) groups is 1. The first-order valence-corrected chi connectivity index (χ1v) is 10.9. The smallest absolute Gasteiger partial charge is 0.254 e. The van der Waals surface area contributed by atoms with E-state index in [4.69, 9.17) is 4.74 Å². The zero-order chi connectivity index (χ0) is 19.8. The summed E-state index contributed by atoms with van der Waals surface area (Å²) in [4.78, 5) is 24.1. The Morgan fingerprint density at radius 1 is 1.19 bits per heavy atom. The molecule has 2 rings (SSSR count). The standard InChI is InChI=1S/C22H31NO3S/c1-5-17(4)22(25)27-13-9-7-8-12-26-20-15-21(24)23(6-2)19-14-16(3)10-11-18(19)20/h10-11,14-15,17H,5-9,12-13H2,1-4H3. The monoisotopic (exact) mass is 389 g/mol. The molecule has 4 nitrogen and oxygen atoms in total. The maximum Gasteiger partial charge on any atom is 0.254 e. The molecule has 0 N–H and O–H groups in total. The van der Waals surface area contributed by atoms with Crippen LogP contribution in [0.3, 0.4) is 0 Å². The van der Waals surface area contributed by atoms with E-state index in [0.29, 0.717) is 24.0 Å². The maximum absolute atomic E-state index is 12.4. The highest BCUT2D eigenvalue weighted by Gasteiger charge is 2.11. The highest BCUT2D eigenvalue weighted by atomic mass is 32.2. The number of carbonyl (C=O) groups is 1. The number of carbonyl (C=O) groups excluding carboxylic acids is 1. The summed E-state index contributed by atoms with van der Waals surface area (Å²) in [6.45, 7) is 9.27. The van der Waals surface area contributed by atoms with Gasteiger partial charge in [-0.15, -0.1) is 0 Å². The first kappa shape index (κ1) is 21.5. The zero-order valence-electron chi connectivity index (χ0n) is 16.9. The van der Waals surface area contributed by atoms with Crippen molar-refractivity contribution in [3.8, 4) is 5.75 Å². The lowest BCUT2D eigenvalue weighted by Crippen LogP contribution is -2.19. The third kappa shape index (κ3) is 5.86. The predicted octanol–water partition coefficient (Wildman–Crippen LogP) is 5.18. The van der Waals surface area contributed by atoms with Crippen LogP contribution in [0.5, 0.6) is 5.75 Å². The van der Waals surface area contributed by atoms with Gasteiger partial charge in [0.2, 0.25) is 0 Å². The van der Waals surface area contributed by atoms with Gasteiger partial charge in [-0.1, -0.05) is 31.7 Å². The number of ether oxygens (including phenoxy) is 1. The summed E-state index contributed by atoms with van der Waals surface area (Å²) in [5, 5.41) is 1.28. The average molecular weight is 390 g/mol. The molecule has 0 saturated carbocycles. The van der Waals surface area contributed by atoms with Crippen LogP contribution in [-0.2, 0) is 11.3 Å². The van der Waals surface area contributed by atoms with E-state index in [9.17, 15) is 9.59 Å². The van der Waals surface area contributed by atoms with Crippen molar-refractivity contribution in [3.63, 3.8) is 0 Å². The maximum atomic E-state index is 12.4. The van der Waals surface area contributed by atoms with E-state index in [1.807, 2.05) is 45.9 Å². The largest absolute Gasteiger partial charge is 0.493 e. The molecular weight excluding hydrogens is 358 g/mol. The number of benzene rings is 1. The third-order valence-electron chi connectivity index (χ3n) is 4.85. The van der Waals surface area contributed by atoms with Gasteiger partial charge in [-0.05, 0) is 57.2 Å². The minimum absolute atomic E-state index is 0.0226. The Hall–Kier alpha value is -1.75. The van der Waals surface area contributed by atoms with Crippen LogP contribution < -0.4 is 10.3 Å². The van der Waals surface area contributed by atoms with Gasteiger partial charge in [0.25, 0.3) is 5.56 Å². The minimum Gasteiger partial charge on any atom is -0.493 e. The zero-order valence-corrected chi connectivity index (χ0v) is 17.7. The molecule has 1 heterocycles. The molecule has 148 valence electrons. The highest BCUT2D eigenvalue weighted by molar-refractivity contribution is 8.13. The summed E-state index contributed by atoms with van der Waals surface area (Å²) in [5.74, 6) is 1.69. The molecule has 0 aliphatic carbocycles. The van der Waals surface area contributed by atoms with Crippen molar-refractivity contribution in [1.82, 2.24) is 4.57 Å². The summed E-state index contributed by atoms with van der Waals surface area (Å²) < 4.78 is 7.71. The molecule has 0 spiro atoms. The predicted molar refractivity (Wildman–Crippen MR) is 115 cm³/mol. The Morgan fingerprint density at radius 3 is 2.67 bits per heavy atom. The van der Waals surface area contributed by atoms with Crippen molar-refractivity contribution in [3.05, 3.63) is 40.2 Å². The van der Waals surface area contributed by atoms with Crippen LogP contribution in [0.2, 0.25) is 0 Å². The fraction of sp³-hybridized carbons (Fsp3) is 0.545. The Bertz CT molecular complexity index is 828. The van der Waals surface area contributed by atoms with Crippen LogP contribution in [0.25, 0.3) is 10.9 Å². The molecule has 1 unspecified atom stereocenters. The second-order valence-corrected chi connectivity index (χ2v) is 8.10. The van der Waals surface area contributed by atoms with E-state index in [1.165, 1.54) is 11.8 Å². The molecule has 27 heavy (non-hydrogen) atoms. The Labute approximate surface area is 166 Å². The van der Waals surface area contributed by atoms with E-state index >= 15 is 0 Å². The molecule has 0 radical (unpaired) electrons. The molecule has 0 aliphatic heterocycles. The number of rotatable bonds is 10. The van der Waals surface area contributed by atoms with E-state index < -0.39 is 0 Å². The molecular formula is C22H31NO3S. The SMILES string of the molecule is CCC(C)C(=O)SCCCCCOc1cc(=O)n(CC)c2cc(C)ccc12. The number of fused-ring (bicyclic) bond motifs is 1. The van der Waals surface area contributed by atoms with Crippen molar-refractivity contribution < 1.29 is 9.53 Å². The molecule has 1 aromatic carbocycles.